The summed E-state index contributed by atoms with van der Waals surface area (Å²) in [5.74, 6) is -0.306. The number of aryl methyl sites for hydroxylation is 2. The molecule has 1 saturated heterocycles. The maximum atomic E-state index is 14.5. The first-order chi connectivity index (χ1) is 13.0. The molecule has 1 aliphatic heterocycles. The zero-order valence-corrected chi connectivity index (χ0v) is 16.1. The number of benzene rings is 3. The quantitative estimate of drug-likeness (QED) is 0.602. The Morgan fingerprint density at radius 2 is 1.22 bits per heavy atom. The molecule has 0 unspecified atom stereocenters. The predicted octanol–water partition coefficient (Wildman–Crippen LogP) is 5.77. The predicted molar refractivity (Wildman–Crippen MR) is 108 cm³/mol. The lowest BCUT2D eigenvalue weighted by Gasteiger charge is -2.20. The largest absolute Gasteiger partial charge is 0.289 e. The summed E-state index contributed by atoms with van der Waals surface area (Å²) in [7, 11) is 0. The summed E-state index contributed by atoms with van der Waals surface area (Å²) in [5, 5.41) is 7.53. The average molecular weight is 381 g/mol. The third-order valence-electron chi connectivity index (χ3n) is 5.19. The molecular formula is C23H22ClFN2. The van der Waals surface area contributed by atoms with Gasteiger partial charge in [0, 0.05) is 10.6 Å². The van der Waals surface area contributed by atoms with Crippen LogP contribution in [0.15, 0.2) is 66.7 Å². The second-order valence-corrected chi connectivity index (χ2v) is 7.59. The molecule has 1 heterocycles. The molecule has 0 aromatic heterocycles. The summed E-state index contributed by atoms with van der Waals surface area (Å²) < 4.78 is 14.5. The van der Waals surface area contributed by atoms with Crippen LogP contribution in [-0.2, 0) is 0 Å². The maximum Gasteiger partial charge on any atom is 0.130 e. The van der Waals surface area contributed by atoms with Gasteiger partial charge in [-0.2, -0.15) is 0 Å². The summed E-state index contributed by atoms with van der Waals surface area (Å²) in [6, 6.07) is 21.7. The summed E-state index contributed by atoms with van der Waals surface area (Å²) in [4.78, 5) is 0. The van der Waals surface area contributed by atoms with Crippen LogP contribution in [0.1, 0.15) is 46.1 Å². The molecule has 1 fully saturated rings. The van der Waals surface area contributed by atoms with Crippen LogP contribution in [0.2, 0.25) is 5.02 Å². The monoisotopic (exact) mass is 380 g/mol. The van der Waals surface area contributed by atoms with E-state index in [0.29, 0.717) is 10.6 Å². The molecule has 138 valence electrons. The zero-order valence-electron chi connectivity index (χ0n) is 15.3. The lowest BCUT2D eigenvalue weighted by Crippen LogP contribution is -2.24. The molecule has 0 radical (unpaired) electrons. The molecular weight excluding hydrogens is 359 g/mol. The van der Waals surface area contributed by atoms with E-state index in [1.165, 1.54) is 17.2 Å². The highest BCUT2D eigenvalue weighted by Gasteiger charge is 2.37. The zero-order chi connectivity index (χ0) is 19.0. The molecule has 2 nitrogen and oxygen atoms in total. The number of hydrogen-bond acceptors (Lipinski definition) is 2. The van der Waals surface area contributed by atoms with Gasteiger partial charge in [-0.1, -0.05) is 77.3 Å². The molecule has 3 aromatic carbocycles. The van der Waals surface area contributed by atoms with Crippen LogP contribution in [-0.4, -0.2) is 0 Å². The van der Waals surface area contributed by atoms with Crippen molar-refractivity contribution in [3.05, 3.63) is 105 Å². The summed E-state index contributed by atoms with van der Waals surface area (Å²) in [6.07, 6.45) is -0.365. The van der Waals surface area contributed by atoms with Gasteiger partial charge in [0.15, 0.2) is 0 Å². The summed E-state index contributed by atoms with van der Waals surface area (Å²) in [6.45, 7) is 4.15. The van der Waals surface area contributed by atoms with Crippen LogP contribution in [0.25, 0.3) is 0 Å². The van der Waals surface area contributed by atoms with Crippen molar-refractivity contribution in [3.63, 3.8) is 0 Å². The first-order valence-corrected chi connectivity index (χ1v) is 9.50. The second-order valence-electron chi connectivity index (χ2n) is 7.18. The molecule has 0 spiro atoms. The van der Waals surface area contributed by atoms with Crippen molar-refractivity contribution in [1.29, 1.82) is 0 Å². The van der Waals surface area contributed by atoms with Gasteiger partial charge in [0.25, 0.3) is 0 Å². The minimum absolute atomic E-state index is 0.00831. The standard InChI is InChI=1S/C23H22ClFN2/c1-14-6-10-16(11-7-14)21-22(17-12-8-15(2)9-13-17)27-23(26-21)20-18(24)4-3-5-19(20)25/h3-13,21-23,26-27H,1-2H3/t21-,22-/m0/s1. The molecule has 0 bridgehead atoms. The first-order valence-electron chi connectivity index (χ1n) is 9.12. The van der Waals surface area contributed by atoms with Gasteiger partial charge in [-0.05, 0) is 37.1 Å². The highest BCUT2D eigenvalue weighted by Crippen LogP contribution is 2.40. The van der Waals surface area contributed by atoms with Crippen molar-refractivity contribution in [2.75, 3.05) is 0 Å². The van der Waals surface area contributed by atoms with Crippen molar-refractivity contribution in [1.82, 2.24) is 10.6 Å². The van der Waals surface area contributed by atoms with Crippen LogP contribution in [0.3, 0.4) is 0 Å². The van der Waals surface area contributed by atoms with Gasteiger partial charge >= 0.3 is 0 Å². The Balaban J connectivity index is 1.74. The van der Waals surface area contributed by atoms with E-state index in [4.69, 9.17) is 11.6 Å². The highest BCUT2D eigenvalue weighted by atomic mass is 35.5. The fourth-order valence-corrected chi connectivity index (χ4v) is 3.95. The molecule has 0 saturated carbocycles. The van der Waals surface area contributed by atoms with Crippen LogP contribution in [0, 0.1) is 19.7 Å². The van der Waals surface area contributed by atoms with Crippen molar-refractivity contribution >= 4 is 11.6 Å². The smallest absolute Gasteiger partial charge is 0.130 e. The van der Waals surface area contributed by atoms with Gasteiger partial charge < -0.3 is 0 Å². The molecule has 0 amide bonds. The SMILES string of the molecule is Cc1ccc([C@@H]2NC(c3c(F)cccc3Cl)N[C@H]2c2ccc(C)cc2)cc1. The lowest BCUT2D eigenvalue weighted by atomic mass is 9.94. The topological polar surface area (TPSA) is 24.1 Å². The molecule has 4 rings (SSSR count). The third-order valence-corrected chi connectivity index (χ3v) is 5.52. The maximum absolute atomic E-state index is 14.5. The van der Waals surface area contributed by atoms with Gasteiger partial charge in [0.05, 0.1) is 18.2 Å². The Morgan fingerprint density at radius 1 is 0.741 bits per heavy atom. The molecule has 4 heteroatoms. The van der Waals surface area contributed by atoms with Crippen molar-refractivity contribution in [2.24, 2.45) is 0 Å². The number of nitrogens with one attached hydrogen (secondary N) is 2. The van der Waals surface area contributed by atoms with Gasteiger partial charge in [0.1, 0.15) is 5.82 Å². The van der Waals surface area contributed by atoms with Gasteiger partial charge in [-0.15, -0.1) is 0 Å². The van der Waals surface area contributed by atoms with Crippen molar-refractivity contribution in [3.8, 4) is 0 Å². The Kier molecular flexibility index (Phi) is 5.00. The van der Waals surface area contributed by atoms with E-state index >= 15 is 0 Å². The third kappa shape index (κ3) is 3.63. The molecule has 1 aliphatic rings. The lowest BCUT2D eigenvalue weighted by molar-refractivity contribution is 0.510. The Labute approximate surface area is 164 Å². The van der Waals surface area contributed by atoms with E-state index in [1.54, 1.807) is 12.1 Å². The minimum atomic E-state index is -0.365. The number of halogens is 2. The highest BCUT2D eigenvalue weighted by molar-refractivity contribution is 6.31. The van der Waals surface area contributed by atoms with E-state index in [9.17, 15) is 4.39 Å². The van der Waals surface area contributed by atoms with E-state index in [0.717, 1.165) is 11.1 Å². The van der Waals surface area contributed by atoms with Crippen molar-refractivity contribution in [2.45, 2.75) is 32.1 Å². The van der Waals surface area contributed by atoms with Gasteiger partial charge in [0.2, 0.25) is 0 Å². The van der Waals surface area contributed by atoms with Crippen LogP contribution < -0.4 is 10.6 Å². The van der Waals surface area contributed by atoms with E-state index in [-0.39, 0.29) is 24.1 Å². The molecule has 2 atom stereocenters. The molecule has 2 N–H and O–H groups in total. The van der Waals surface area contributed by atoms with E-state index in [2.05, 4.69) is 73.0 Å². The van der Waals surface area contributed by atoms with Crippen LogP contribution >= 0.6 is 11.6 Å². The summed E-state index contributed by atoms with van der Waals surface area (Å²) in [5.41, 5.74) is 5.21. The molecule has 3 aromatic rings. The van der Waals surface area contributed by atoms with E-state index < -0.39 is 0 Å². The van der Waals surface area contributed by atoms with Gasteiger partial charge in [-0.25, -0.2) is 4.39 Å². The average Bonchev–Trinajstić information content (AvgIpc) is 3.08. The van der Waals surface area contributed by atoms with Gasteiger partial charge in [-0.3, -0.25) is 10.6 Å². The fourth-order valence-electron chi connectivity index (χ4n) is 3.68. The molecule has 27 heavy (non-hydrogen) atoms. The van der Waals surface area contributed by atoms with E-state index in [1.807, 2.05) is 0 Å². The Morgan fingerprint density at radius 3 is 1.67 bits per heavy atom. The van der Waals surface area contributed by atoms with Crippen molar-refractivity contribution < 1.29 is 4.39 Å². The minimum Gasteiger partial charge on any atom is -0.289 e. The fraction of sp³-hybridized carbons (Fsp3) is 0.217. The second kappa shape index (κ2) is 7.43. The molecule has 0 aliphatic carbocycles. The number of hydrogen-bond donors (Lipinski definition) is 2. The normalized spacial score (nSPS) is 20.1. The Hall–Kier alpha value is -2.20. The van der Waals surface area contributed by atoms with Crippen LogP contribution in [0.4, 0.5) is 4.39 Å². The Bertz CT molecular complexity index is 864. The number of rotatable bonds is 3. The summed E-state index contributed by atoms with van der Waals surface area (Å²) >= 11 is 6.32. The van der Waals surface area contributed by atoms with Crippen LogP contribution in [0.5, 0.6) is 0 Å². The first kappa shape index (κ1) is 18.2.